The van der Waals surface area contributed by atoms with Crippen molar-refractivity contribution in [3.63, 3.8) is 0 Å². The Bertz CT molecular complexity index is 1100. The van der Waals surface area contributed by atoms with E-state index in [4.69, 9.17) is 0 Å². The Hall–Kier alpha value is -4.13. The van der Waals surface area contributed by atoms with E-state index >= 15 is 0 Å². The minimum Gasteiger partial charge on any atom is -0.376 e. The predicted octanol–water partition coefficient (Wildman–Crippen LogP) is 4.20. The van der Waals surface area contributed by atoms with Crippen molar-refractivity contribution in [3.8, 4) is 0 Å². The van der Waals surface area contributed by atoms with Crippen LogP contribution in [0.2, 0.25) is 0 Å². The molecule has 0 saturated heterocycles. The fraction of sp³-hybridized carbons (Fsp3) is 0.222. The number of carbonyl (C=O) groups is 3. The molecule has 0 spiro atoms. The summed E-state index contributed by atoms with van der Waals surface area (Å²) in [5.41, 5.74) is 3.45. The molecule has 0 saturated carbocycles. The summed E-state index contributed by atoms with van der Waals surface area (Å²) >= 11 is 0. The number of amides is 3. The van der Waals surface area contributed by atoms with Gasteiger partial charge in [-0.1, -0.05) is 37.3 Å². The standard InChI is InChI=1S/C27H30N4O3/c1-3-19(2)30-27(34)22-9-13-23(14-10-22)28-18-25(32)31-24-15-11-21(12-16-24)26(33)29-17-20-7-5-4-6-8-20/h4-16,19,28H,3,17-18H2,1-2H3,(H,29,33)(H,30,34)(H,31,32). The summed E-state index contributed by atoms with van der Waals surface area (Å²) in [6.07, 6.45) is 0.866. The zero-order valence-electron chi connectivity index (χ0n) is 19.4. The lowest BCUT2D eigenvalue weighted by Crippen LogP contribution is -2.31. The molecular formula is C27H30N4O3. The van der Waals surface area contributed by atoms with E-state index < -0.39 is 0 Å². The number of carbonyl (C=O) groups excluding carboxylic acids is 3. The normalized spacial score (nSPS) is 11.2. The van der Waals surface area contributed by atoms with Gasteiger partial charge in [-0.3, -0.25) is 14.4 Å². The van der Waals surface area contributed by atoms with Gasteiger partial charge in [0.25, 0.3) is 11.8 Å². The lowest BCUT2D eigenvalue weighted by molar-refractivity contribution is -0.114. The molecule has 4 N–H and O–H groups in total. The second kappa shape index (κ2) is 12.2. The highest BCUT2D eigenvalue weighted by Gasteiger charge is 2.09. The summed E-state index contributed by atoms with van der Waals surface area (Å²) in [6.45, 7) is 4.49. The van der Waals surface area contributed by atoms with Gasteiger partial charge in [0, 0.05) is 35.1 Å². The van der Waals surface area contributed by atoms with Crippen LogP contribution in [0.5, 0.6) is 0 Å². The fourth-order valence-electron chi connectivity index (χ4n) is 3.12. The average Bonchev–Trinajstić information content (AvgIpc) is 2.87. The number of nitrogens with one attached hydrogen (secondary N) is 4. The average molecular weight is 459 g/mol. The van der Waals surface area contributed by atoms with Crippen molar-refractivity contribution in [2.75, 3.05) is 17.2 Å². The zero-order valence-corrected chi connectivity index (χ0v) is 19.4. The Balaban J connectivity index is 1.44. The number of anilines is 2. The summed E-state index contributed by atoms with van der Waals surface area (Å²) in [5.74, 6) is -0.514. The van der Waals surface area contributed by atoms with E-state index in [1.165, 1.54) is 0 Å². The van der Waals surface area contributed by atoms with Gasteiger partial charge < -0.3 is 21.3 Å². The van der Waals surface area contributed by atoms with Crippen LogP contribution in [-0.4, -0.2) is 30.3 Å². The van der Waals surface area contributed by atoms with E-state index in [1.807, 2.05) is 44.2 Å². The number of hydrogen-bond acceptors (Lipinski definition) is 4. The van der Waals surface area contributed by atoms with Crippen LogP contribution in [0.15, 0.2) is 78.9 Å². The van der Waals surface area contributed by atoms with Crippen LogP contribution >= 0.6 is 0 Å². The van der Waals surface area contributed by atoms with E-state index in [0.717, 1.165) is 17.7 Å². The molecule has 0 heterocycles. The van der Waals surface area contributed by atoms with Crippen LogP contribution in [0.4, 0.5) is 11.4 Å². The molecule has 1 atom stereocenters. The molecule has 0 radical (unpaired) electrons. The largest absolute Gasteiger partial charge is 0.376 e. The molecule has 3 rings (SSSR count). The number of hydrogen-bond donors (Lipinski definition) is 4. The molecule has 0 aromatic heterocycles. The third-order valence-corrected chi connectivity index (χ3v) is 5.32. The van der Waals surface area contributed by atoms with Crippen molar-refractivity contribution in [1.82, 2.24) is 10.6 Å². The van der Waals surface area contributed by atoms with Crippen molar-refractivity contribution in [1.29, 1.82) is 0 Å². The van der Waals surface area contributed by atoms with Gasteiger partial charge in [-0.25, -0.2) is 0 Å². The van der Waals surface area contributed by atoms with Gasteiger partial charge in [0.1, 0.15) is 0 Å². The summed E-state index contributed by atoms with van der Waals surface area (Å²) in [7, 11) is 0. The van der Waals surface area contributed by atoms with E-state index in [2.05, 4.69) is 21.3 Å². The molecule has 7 nitrogen and oxygen atoms in total. The highest BCUT2D eigenvalue weighted by molar-refractivity contribution is 5.97. The Labute approximate surface area is 200 Å². The van der Waals surface area contributed by atoms with E-state index in [0.29, 0.717) is 23.4 Å². The van der Waals surface area contributed by atoms with E-state index in [1.54, 1.807) is 48.5 Å². The molecule has 0 bridgehead atoms. The molecule has 3 aromatic rings. The third kappa shape index (κ3) is 7.48. The summed E-state index contributed by atoms with van der Waals surface area (Å²) in [5, 5.41) is 11.6. The maximum Gasteiger partial charge on any atom is 0.251 e. The van der Waals surface area contributed by atoms with Crippen LogP contribution in [0.1, 0.15) is 46.5 Å². The maximum absolute atomic E-state index is 12.3. The summed E-state index contributed by atoms with van der Waals surface area (Å²) < 4.78 is 0. The number of rotatable bonds is 10. The molecule has 0 fully saturated rings. The van der Waals surface area contributed by atoms with Crippen LogP contribution in [0.25, 0.3) is 0 Å². The van der Waals surface area contributed by atoms with Crippen molar-refractivity contribution in [3.05, 3.63) is 95.6 Å². The Kier molecular flexibility index (Phi) is 8.80. The minimum absolute atomic E-state index is 0.0672. The first-order chi connectivity index (χ1) is 16.4. The first-order valence-corrected chi connectivity index (χ1v) is 11.3. The first kappa shape index (κ1) is 24.5. The second-order valence-electron chi connectivity index (χ2n) is 8.01. The lowest BCUT2D eigenvalue weighted by Gasteiger charge is -2.12. The Morgan fingerprint density at radius 1 is 0.765 bits per heavy atom. The Morgan fingerprint density at radius 3 is 1.97 bits per heavy atom. The number of benzene rings is 3. The topological polar surface area (TPSA) is 99.3 Å². The summed E-state index contributed by atoms with van der Waals surface area (Å²) in [6, 6.07) is 23.5. The monoisotopic (exact) mass is 458 g/mol. The smallest absolute Gasteiger partial charge is 0.251 e. The first-order valence-electron chi connectivity index (χ1n) is 11.3. The zero-order chi connectivity index (χ0) is 24.3. The van der Waals surface area contributed by atoms with Crippen LogP contribution in [0.3, 0.4) is 0 Å². The SMILES string of the molecule is CCC(C)NC(=O)c1ccc(NCC(=O)Nc2ccc(C(=O)NCc3ccccc3)cc2)cc1. The highest BCUT2D eigenvalue weighted by Crippen LogP contribution is 2.12. The molecular weight excluding hydrogens is 428 g/mol. The van der Waals surface area contributed by atoms with Gasteiger partial charge >= 0.3 is 0 Å². The second-order valence-corrected chi connectivity index (χ2v) is 8.01. The van der Waals surface area contributed by atoms with Crippen LogP contribution in [0, 0.1) is 0 Å². The summed E-state index contributed by atoms with van der Waals surface area (Å²) in [4.78, 5) is 36.7. The molecule has 0 aliphatic carbocycles. The van der Waals surface area contributed by atoms with Gasteiger partial charge in [-0.2, -0.15) is 0 Å². The lowest BCUT2D eigenvalue weighted by atomic mass is 10.1. The van der Waals surface area contributed by atoms with Gasteiger partial charge in [-0.15, -0.1) is 0 Å². The molecule has 3 amide bonds. The maximum atomic E-state index is 12.3. The predicted molar refractivity (Wildman–Crippen MR) is 135 cm³/mol. The molecule has 1 unspecified atom stereocenters. The van der Waals surface area contributed by atoms with Crippen molar-refractivity contribution in [2.45, 2.75) is 32.9 Å². The van der Waals surface area contributed by atoms with Gasteiger partial charge in [-0.05, 0) is 67.4 Å². The third-order valence-electron chi connectivity index (χ3n) is 5.32. The molecule has 0 aliphatic heterocycles. The molecule has 3 aromatic carbocycles. The quantitative estimate of drug-likeness (QED) is 0.366. The molecule has 176 valence electrons. The van der Waals surface area contributed by atoms with E-state index in [9.17, 15) is 14.4 Å². The fourth-order valence-corrected chi connectivity index (χ4v) is 3.12. The van der Waals surface area contributed by atoms with Gasteiger partial charge in [0.15, 0.2) is 0 Å². The minimum atomic E-state index is -0.222. The Morgan fingerprint density at radius 2 is 1.35 bits per heavy atom. The van der Waals surface area contributed by atoms with Crippen molar-refractivity contribution < 1.29 is 14.4 Å². The van der Waals surface area contributed by atoms with Gasteiger partial charge in [0.2, 0.25) is 5.91 Å². The molecule has 34 heavy (non-hydrogen) atoms. The molecule has 7 heteroatoms. The van der Waals surface area contributed by atoms with Crippen LogP contribution in [-0.2, 0) is 11.3 Å². The highest BCUT2D eigenvalue weighted by atomic mass is 16.2. The van der Waals surface area contributed by atoms with E-state index in [-0.39, 0.29) is 30.3 Å². The van der Waals surface area contributed by atoms with Crippen molar-refractivity contribution >= 4 is 29.1 Å². The molecule has 0 aliphatic rings. The van der Waals surface area contributed by atoms with Crippen molar-refractivity contribution in [2.24, 2.45) is 0 Å². The van der Waals surface area contributed by atoms with Gasteiger partial charge in [0.05, 0.1) is 6.54 Å². The van der Waals surface area contributed by atoms with Crippen LogP contribution < -0.4 is 21.3 Å².